The van der Waals surface area contributed by atoms with Crippen molar-refractivity contribution in [3.63, 3.8) is 0 Å². The lowest BCUT2D eigenvalue weighted by molar-refractivity contribution is -0.383. The largest absolute Gasteiger partial charge is 0.326 e. The van der Waals surface area contributed by atoms with Crippen molar-refractivity contribution in [3.05, 3.63) is 28.3 Å². The number of rotatable bonds is 13. The summed E-state index contributed by atoms with van der Waals surface area (Å²) in [5.41, 5.74) is 0.390. The Morgan fingerprint density at radius 3 is 1.90 bits per heavy atom. The SMILES string of the molecule is CCCC[C@H](CC)C(=O)Nc1ccc([N+](=O)[O-])c(NC(=O)[C@@H](CC)CCCC)c1. The van der Waals surface area contributed by atoms with Gasteiger partial charge in [-0.1, -0.05) is 53.4 Å². The highest BCUT2D eigenvalue weighted by Gasteiger charge is 2.22. The molecule has 7 nitrogen and oxygen atoms in total. The number of benzene rings is 1. The third-order valence-electron chi connectivity index (χ3n) is 5.26. The van der Waals surface area contributed by atoms with Crippen LogP contribution in [0.25, 0.3) is 0 Å². The first kappa shape index (κ1) is 24.6. The molecule has 0 saturated heterocycles. The van der Waals surface area contributed by atoms with E-state index < -0.39 is 4.92 Å². The Bertz CT molecular complexity index is 691. The van der Waals surface area contributed by atoms with E-state index in [1.54, 1.807) is 0 Å². The maximum Gasteiger partial charge on any atom is 0.292 e. The number of nitrogens with zero attached hydrogens (tertiary/aromatic N) is 1. The van der Waals surface area contributed by atoms with E-state index in [4.69, 9.17) is 0 Å². The van der Waals surface area contributed by atoms with Crippen LogP contribution >= 0.6 is 0 Å². The molecule has 2 atom stereocenters. The van der Waals surface area contributed by atoms with Gasteiger partial charge in [-0.25, -0.2) is 0 Å². The Labute approximate surface area is 173 Å². The number of hydrogen-bond acceptors (Lipinski definition) is 4. The van der Waals surface area contributed by atoms with Crippen molar-refractivity contribution in [1.82, 2.24) is 0 Å². The zero-order valence-electron chi connectivity index (χ0n) is 18.1. The van der Waals surface area contributed by atoms with E-state index in [1.165, 1.54) is 18.2 Å². The summed E-state index contributed by atoms with van der Waals surface area (Å²) in [5.74, 6) is -0.601. The second kappa shape index (κ2) is 12.9. The normalized spacial score (nSPS) is 12.8. The molecule has 0 heterocycles. The van der Waals surface area contributed by atoms with E-state index >= 15 is 0 Å². The standard InChI is InChI=1S/C22H35N3O4/c1-5-9-11-16(7-3)21(26)23-18-13-14-20(25(28)29)19(15-18)24-22(27)17(8-4)12-10-6-2/h13-17H,5-12H2,1-4H3,(H,23,26)(H,24,27)/t16-,17-/m0/s1. The molecule has 0 bridgehead atoms. The molecule has 2 amide bonds. The Kier molecular flexibility index (Phi) is 10.9. The topological polar surface area (TPSA) is 101 Å². The molecule has 0 aliphatic rings. The molecule has 1 aromatic carbocycles. The van der Waals surface area contributed by atoms with Gasteiger partial charge in [0.25, 0.3) is 5.69 Å². The van der Waals surface area contributed by atoms with E-state index in [0.29, 0.717) is 12.1 Å². The number of nitro groups is 1. The first-order valence-electron chi connectivity index (χ1n) is 10.8. The van der Waals surface area contributed by atoms with Gasteiger partial charge in [-0.05, 0) is 37.8 Å². The number of carbonyl (C=O) groups excluding carboxylic acids is 2. The second-order valence-electron chi connectivity index (χ2n) is 7.46. The lowest BCUT2D eigenvalue weighted by atomic mass is 9.98. The number of hydrogen-bond donors (Lipinski definition) is 2. The van der Waals surface area contributed by atoms with Crippen LogP contribution < -0.4 is 10.6 Å². The molecule has 0 spiro atoms. The van der Waals surface area contributed by atoms with Gasteiger partial charge in [-0.2, -0.15) is 0 Å². The van der Waals surface area contributed by atoms with Gasteiger partial charge in [-0.15, -0.1) is 0 Å². The minimum atomic E-state index is -0.524. The van der Waals surface area contributed by atoms with Crippen molar-refractivity contribution in [2.75, 3.05) is 10.6 Å². The monoisotopic (exact) mass is 405 g/mol. The summed E-state index contributed by atoms with van der Waals surface area (Å²) in [7, 11) is 0. The van der Waals surface area contributed by atoms with E-state index in [0.717, 1.165) is 44.9 Å². The van der Waals surface area contributed by atoms with Gasteiger partial charge in [0.1, 0.15) is 5.69 Å². The summed E-state index contributed by atoms with van der Waals surface area (Å²) < 4.78 is 0. The van der Waals surface area contributed by atoms with Crippen LogP contribution in [0.3, 0.4) is 0 Å². The predicted octanol–water partition coefficient (Wildman–Crippen LogP) is 5.90. The minimum absolute atomic E-state index is 0.0956. The lowest BCUT2D eigenvalue weighted by Crippen LogP contribution is -2.24. The smallest absolute Gasteiger partial charge is 0.292 e. The number of unbranched alkanes of at least 4 members (excludes halogenated alkanes) is 2. The lowest BCUT2D eigenvalue weighted by Gasteiger charge is -2.17. The Morgan fingerprint density at radius 2 is 1.45 bits per heavy atom. The molecule has 0 aliphatic heterocycles. The highest BCUT2D eigenvalue weighted by atomic mass is 16.6. The summed E-state index contributed by atoms with van der Waals surface area (Å²) in [4.78, 5) is 36.0. The van der Waals surface area contributed by atoms with Gasteiger partial charge >= 0.3 is 0 Å². The molecule has 162 valence electrons. The molecule has 0 aromatic heterocycles. The number of anilines is 2. The van der Waals surface area contributed by atoms with Crippen LogP contribution in [0.15, 0.2) is 18.2 Å². The molecule has 1 aromatic rings. The van der Waals surface area contributed by atoms with Gasteiger partial charge in [0.15, 0.2) is 0 Å². The second-order valence-corrected chi connectivity index (χ2v) is 7.46. The quantitative estimate of drug-likeness (QED) is 0.315. The van der Waals surface area contributed by atoms with Crippen LogP contribution in [0, 0.1) is 22.0 Å². The zero-order valence-corrected chi connectivity index (χ0v) is 18.1. The number of amides is 2. The van der Waals surface area contributed by atoms with Crippen LogP contribution in [0.4, 0.5) is 17.1 Å². The fraction of sp³-hybridized carbons (Fsp3) is 0.636. The fourth-order valence-electron chi connectivity index (χ4n) is 3.29. The van der Waals surface area contributed by atoms with Gasteiger partial charge in [-0.3, -0.25) is 19.7 Å². The summed E-state index contributed by atoms with van der Waals surface area (Å²) in [6.07, 6.45) is 6.88. The van der Waals surface area contributed by atoms with Crippen LogP contribution in [-0.2, 0) is 9.59 Å². The van der Waals surface area contributed by atoms with Crippen molar-refractivity contribution < 1.29 is 14.5 Å². The summed E-state index contributed by atoms with van der Waals surface area (Å²) in [6, 6.07) is 4.31. The summed E-state index contributed by atoms with van der Waals surface area (Å²) in [6.45, 7) is 8.06. The first-order chi connectivity index (χ1) is 13.9. The maximum atomic E-state index is 12.6. The predicted molar refractivity (Wildman–Crippen MR) is 117 cm³/mol. The molecule has 0 unspecified atom stereocenters. The molecule has 1 rings (SSSR count). The number of nitro benzene ring substituents is 1. The fourth-order valence-corrected chi connectivity index (χ4v) is 3.29. The van der Waals surface area contributed by atoms with Crippen LogP contribution in [0.1, 0.15) is 79.1 Å². The van der Waals surface area contributed by atoms with Crippen molar-refractivity contribution in [2.24, 2.45) is 11.8 Å². The maximum absolute atomic E-state index is 12.6. The molecule has 0 fully saturated rings. The van der Waals surface area contributed by atoms with Gasteiger partial charge < -0.3 is 10.6 Å². The number of nitrogens with one attached hydrogen (secondary N) is 2. The zero-order chi connectivity index (χ0) is 21.8. The van der Waals surface area contributed by atoms with E-state index in [-0.39, 0.29) is 35.0 Å². The van der Waals surface area contributed by atoms with Crippen molar-refractivity contribution in [2.45, 2.75) is 79.1 Å². The minimum Gasteiger partial charge on any atom is -0.326 e. The van der Waals surface area contributed by atoms with Crippen LogP contribution in [-0.4, -0.2) is 16.7 Å². The molecule has 7 heteroatoms. The van der Waals surface area contributed by atoms with Crippen molar-refractivity contribution in [1.29, 1.82) is 0 Å². The molecular weight excluding hydrogens is 370 g/mol. The van der Waals surface area contributed by atoms with Crippen molar-refractivity contribution >= 4 is 28.9 Å². The Hall–Kier alpha value is -2.44. The number of carbonyl (C=O) groups is 2. The van der Waals surface area contributed by atoms with E-state index in [1.807, 2.05) is 13.8 Å². The summed E-state index contributed by atoms with van der Waals surface area (Å²) in [5, 5.41) is 16.9. The van der Waals surface area contributed by atoms with Crippen molar-refractivity contribution in [3.8, 4) is 0 Å². The third kappa shape index (κ3) is 7.83. The Balaban J connectivity index is 3.00. The van der Waals surface area contributed by atoms with Crippen LogP contribution in [0.2, 0.25) is 0 Å². The van der Waals surface area contributed by atoms with E-state index in [9.17, 15) is 19.7 Å². The molecule has 0 saturated carbocycles. The molecule has 29 heavy (non-hydrogen) atoms. The average molecular weight is 406 g/mol. The van der Waals surface area contributed by atoms with Crippen LogP contribution in [0.5, 0.6) is 0 Å². The first-order valence-corrected chi connectivity index (χ1v) is 10.8. The third-order valence-corrected chi connectivity index (χ3v) is 5.26. The average Bonchev–Trinajstić information content (AvgIpc) is 2.69. The van der Waals surface area contributed by atoms with Gasteiger partial charge in [0, 0.05) is 23.6 Å². The molecule has 0 radical (unpaired) electrons. The Morgan fingerprint density at radius 1 is 0.931 bits per heavy atom. The highest BCUT2D eigenvalue weighted by Crippen LogP contribution is 2.29. The molecule has 2 N–H and O–H groups in total. The molecule has 0 aliphatic carbocycles. The van der Waals surface area contributed by atoms with Gasteiger partial charge in [0.05, 0.1) is 4.92 Å². The van der Waals surface area contributed by atoms with Gasteiger partial charge in [0.2, 0.25) is 11.8 Å². The van der Waals surface area contributed by atoms with E-state index in [2.05, 4.69) is 24.5 Å². The molecular formula is C22H35N3O4. The summed E-state index contributed by atoms with van der Waals surface area (Å²) >= 11 is 0. The highest BCUT2D eigenvalue weighted by molar-refractivity contribution is 5.97.